The van der Waals surface area contributed by atoms with Gasteiger partial charge in [0.2, 0.25) is 5.95 Å². The van der Waals surface area contributed by atoms with E-state index in [2.05, 4.69) is 30.7 Å². The van der Waals surface area contributed by atoms with Crippen molar-refractivity contribution in [1.29, 1.82) is 0 Å². The van der Waals surface area contributed by atoms with Crippen LogP contribution in [0.4, 0.5) is 5.95 Å². The van der Waals surface area contributed by atoms with Gasteiger partial charge in [0.05, 0.1) is 12.1 Å². The van der Waals surface area contributed by atoms with Gasteiger partial charge in [-0.1, -0.05) is 5.16 Å². The molecule has 0 unspecified atom stereocenters. The van der Waals surface area contributed by atoms with Crippen LogP contribution in [-0.4, -0.2) is 62.3 Å². The number of likely N-dealkylation sites (tertiary alicyclic amines) is 1. The summed E-state index contributed by atoms with van der Waals surface area (Å²) in [5, 5.41) is 20.1. The number of carbonyl (C=O) groups is 1. The van der Waals surface area contributed by atoms with E-state index in [1.165, 1.54) is 0 Å². The molecule has 3 rings (SSSR count). The molecule has 1 aliphatic heterocycles. The molecule has 2 aromatic rings. The number of nitrogens with zero attached hydrogens (tertiary/aromatic N) is 4. The number of rotatable bonds is 6. The molecule has 0 saturated carbocycles. The van der Waals surface area contributed by atoms with Crippen LogP contribution in [0.25, 0.3) is 0 Å². The van der Waals surface area contributed by atoms with Crippen LogP contribution in [0.5, 0.6) is 0 Å². The molecular weight excluding hydrogens is 348 g/mol. The molecule has 3 N–H and O–H groups in total. The molecule has 1 aliphatic rings. The molecule has 0 radical (unpaired) electrons. The van der Waals surface area contributed by atoms with Gasteiger partial charge >= 0.3 is 0 Å². The first-order valence-electron chi connectivity index (χ1n) is 9.13. The minimum Gasteiger partial charge on any atom is -0.390 e. The fourth-order valence-electron chi connectivity index (χ4n) is 3.05. The number of β-amino-alcohol motifs (C(OH)–C–C–N with tert-alkyl or cyclic N) is 1. The van der Waals surface area contributed by atoms with Gasteiger partial charge in [-0.2, -0.15) is 0 Å². The molecule has 2 aromatic heterocycles. The Balaban J connectivity index is 1.50. The molecule has 0 aliphatic carbocycles. The van der Waals surface area contributed by atoms with Crippen LogP contribution in [0.15, 0.2) is 23.0 Å². The minimum atomic E-state index is -0.654. The highest BCUT2D eigenvalue weighted by Crippen LogP contribution is 2.15. The second-order valence-corrected chi connectivity index (χ2v) is 7.21. The van der Waals surface area contributed by atoms with Crippen molar-refractivity contribution in [2.75, 3.05) is 18.4 Å². The van der Waals surface area contributed by atoms with E-state index in [1.54, 1.807) is 25.4 Å². The number of anilines is 1. The summed E-state index contributed by atoms with van der Waals surface area (Å²) in [5.41, 5.74) is 1.21. The first-order chi connectivity index (χ1) is 12.9. The van der Waals surface area contributed by atoms with Crippen molar-refractivity contribution >= 4 is 11.9 Å². The van der Waals surface area contributed by atoms with Gasteiger partial charge in [-0.25, -0.2) is 9.97 Å². The van der Waals surface area contributed by atoms with Crippen molar-refractivity contribution in [3.05, 3.63) is 35.5 Å². The van der Waals surface area contributed by atoms with Crippen molar-refractivity contribution in [2.45, 2.75) is 51.9 Å². The molecule has 9 nitrogen and oxygen atoms in total. The topological polar surface area (TPSA) is 116 Å². The number of carbonyl (C=O) groups excluding carboxylic acids is 1. The lowest BCUT2D eigenvalue weighted by molar-refractivity contribution is 0.0347. The van der Waals surface area contributed by atoms with Gasteiger partial charge in [0.25, 0.3) is 5.91 Å². The van der Waals surface area contributed by atoms with E-state index in [0.717, 1.165) is 12.1 Å². The number of aromatic nitrogens is 3. The zero-order chi connectivity index (χ0) is 19.4. The maximum absolute atomic E-state index is 12.2. The van der Waals surface area contributed by atoms with E-state index in [-0.39, 0.29) is 23.7 Å². The smallest absolute Gasteiger partial charge is 0.273 e. The Morgan fingerprint density at radius 3 is 2.74 bits per heavy atom. The van der Waals surface area contributed by atoms with E-state index in [0.29, 0.717) is 31.2 Å². The van der Waals surface area contributed by atoms with Crippen molar-refractivity contribution in [3.63, 3.8) is 0 Å². The van der Waals surface area contributed by atoms with E-state index in [4.69, 9.17) is 4.52 Å². The quantitative estimate of drug-likeness (QED) is 0.685. The van der Waals surface area contributed by atoms with E-state index in [1.807, 2.05) is 13.8 Å². The van der Waals surface area contributed by atoms with Crippen LogP contribution in [0.1, 0.15) is 42.1 Å². The minimum absolute atomic E-state index is 0.231. The third-order valence-electron chi connectivity index (χ3n) is 4.37. The predicted molar refractivity (Wildman–Crippen MR) is 99.2 cm³/mol. The standard InChI is InChI=1S/C18H26N6O3/c1-11(2)21-18-19-7-13(8-20-18)9-24-5-4-14(16(25)10-24)22-17(26)15-6-12(3)27-23-15/h6-8,11,14,16,25H,4-5,9-10H2,1-3H3,(H,22,26)(H,19,20,21)/t14-,16-/m1/s1. The highest BCUT2D eigenvalue weighted by atomic mass is 16.5. The van der Waals surface area contributed by atoms with E-state index >= 15 is 0 Å². The summed E-state index contributed by atoms with van der Waals surface area (Å²) in [6, 6.07) is 1.55. The van der Waals surface area contributed by atoms with Crippen LogP contribution in [0, 0.1) is 6.92 Å². The van der Waals surface area contributed by atoms with Gasteiger partial charge in [-0.3, -0.25) is 9.69 Å². The predicted octanol–water partition coefficient (Wildman–Crippen LogP) is 0.959. The summed E-state index contributed by atoms with van der Waals surface area (Å²) in [6.45, 7) is 7.67. The second-order valence-electron chi connectivity index (χ2n) is 7.21. The van der Waals surface area contributed by atoms with E-state index < -0.39 is 6.10 Å². The highest BCUT2D eigenvalue weighted by molar-refractivity contribution is 5.92. The molecule has 1 amide bonds. The second kappa shape index (κ2) is 8.45. The van der Waals surface area contributed by atoms with Gasteiger partial charge in [0.1, 0.15) is 5.76 Å². The third kappa shape index (κ3) is 5.24. The zero-order valence-electron chi connectivity index (χ0n) is 15.8. The maximum Gasteiger partial charge on any atom is 0.273 e. The van der Waals surface area contributed by atoms with E-state index in [9.17, 15) is 9.90 Å². The number of aliphatic hydroxyl groups is 1. The third-order valence-corrected chi connectivity index (χ3v) is 4.37. The average Bonchev–Trinajstić information content (AvgIpc) is 3.05. The molecule has 9 heteroatoms. The number of nitrogens with one attached hydrogen (secondary N) is 2. The Morgan fingerprint density at radius 1 is 1.41 bits per heavy atom. The van der Waals surface area contributed by atoms with Crippen LogP contribution >= 0.6 is 0 Å². The normalized spacial score (nSPS) is 20.6. The molecule has 146 valence electrons. The summed E-state index contributed by atoms with van der Waals surface area (Å²) < 4.78 is 4.92. The Morgan fingerprint density at radius 2 is 2.15 bits per heavy atom. The maximum atomic E-state index is 12.2. The lowest BCUT2D eigenvalue weighted by Crippen LogP contribution is -2.53. The first-order valence-corrected chi connectivity index (χ1v) is 9.13. The summed E-state index contributed by atoms with van der Waals surface area (Å²) in [4.78, 5) is 22.9. The summed E-state index contributed by atoms with van der Waals surface area (Å²) in [5.74, 6) is 0.858. The van der Waals surface area contributed by atoms with Gasteiger partial charge in [0, 0.05) is 49.7 Å². The number of hydrogen-bond donors (Lipinski definition) is 3. The van der Waals surface area contributed by atoms with Gasteiger partial charge < -0.3 is 20.3 Å². The number of aliphatic hydroxyl groups excluding tert-OH is 1. The number of piperidine rings is 1. The average molecular weight is 374 g/mol. The Labute approximate surface area is 158 Å². The molecule has 1 saturated heterocycles. The Hall–Kier alpha value is -2.52. The fourth-order valence-corrected chi connectivity index (χ4v) is 3.05. The van der Waals surface area contributed by atoms with Crippen LogP contribution in [0.2, 0.25) is 0 Å². The molecular formula is C18H26N6O3. The summed E-state index contributed by atoms with van der Waals surface area (Å²) >= 11 is 0. The fraction of sp³-hybridized carbons (Fsp3) is 0.556. The lowest BCUT2D eigenvalue weighted by Gasteiger charge is -2.36. The van der Waals surface area contributed by atoms with Crippen molar-refractivity contribution < 1.29 is 14.4 Å². The summed E-state index contributed by atoms with van der Waals surface area (Å²) in [7, 11) is 0. The van der Waals surface area contributed by atoms with Crippen molar-refractivity contribution in [1.82, 2.24) is 25.3 Å². The molecule has 27 heavy (non-hydrogen) atoms. The van der Waals surface area contributed by atoms with Gasteiger partial charge in [0.15, 0.2) is 5.69 Å². The molecule has 2 atom stereocenters. The van der Waals surface area contributed by atoms with Crippen LogP contribution in [-0.2, 0) is 6.54 Å². The Kier molecular flexibility index (Phi) is 6.02. The molecule has 3 heterocycles. The summed E-state index contributed by atoms with van der Waals surface area (Å²) in [6.07, 6.45) is 3.59. The molecule has 0 bridgehead atoms. The largest absolute Gasteiger partial charge is 0.390 e. The SMILES string of the molecule is Cc1cc(C(=O)N[C@@H]2CCN(Cc3cnc(NC(C)C)nc3)C[C@H]2O)no1. The highest BCUT2D eigenvalue weighted by Gasteiger charge is 2.29. The number of aryl methyl sites for hydroxylation is 1. The van der Waals surface area contributed by atoms with Gasteiger partial charge in [-0.05, 0) is 27.2 Å². The van der Waals surface area contributed by atoms with Gasteiger partial charge in [-0.15, -0.1) is 0 Å². The Bertz CT molecular complexity index is 761. The van der Waals surface area contributed by atoms with Crippen molar-refractivity contribution in [3.8, 4) is 0 Å². The van der Waals surface area contributed by atoms with Crippen LogP contribution in [0.3, 0.4) is 0 Å². The number of hydrogen-bond acceptors (Lipinski definition) is 8. The lowest BCUT2D eigenvalue weighted by atomic mass is 10.0. The van der Waals surface area contributed by atoms with Crippen LogP contribution < -0.4 is 10.6 Å². The first kappa shape index (κ1) is 19.2. The number of amides is 1. The van der Waals surface area contributed by atoms with Crippen molar-refractivity contribution in [2.24, 2.45) is 0 Å². The zero-order valence-corrected chi connectivity index (χ0v) is 15.8. The molecule has 1 fully saturated rings. The molecule has 0 aromatic carbocycles. The molecule has 0 spiro atoms. The monoisotopic (exact) mass is 374 g/mol.